The minimum atomic E-state index is -0.0704. The first-order valence-electron chi connectivity index (χ1n) is 7.77. The Kier molecular flexibility index (Phi) is 4.53. The highest BCUT2D eigenvalue weighted by molar-refractivity contribution is 5.94. The van der Waals surface area contributed by atoms with Crippen LogP contribution in [0.25, 0.3) is 5.82 Å². The minimum absolute atomic E-state index is 0.0704. The van der Waals surface area contributed by atoms with E-state index in [4.69, 9.17) is 5.11 Å². The molecule has 116 valence electrons. The number of hydrogen-bond donors (Lipinski definition) is 2. The van der Waals surface area contributed by atoms with Crippen LogP contribution in [0.5, 0.6) is 0 Å². The number of nitrogens with zero attached hydrogens (tertiary/aromatic N) is 2. The molecule has 22 heavy (non-hydrogen) atoms. The summed E-state index contributed by atoms with van der Waals surface area (Å²) in [6.07, 6.45) is 9.28. The summed E-state index contributed by atoms with van der Waals surface area (Å²) in [4.78, 5) is 16.6. The van der Waals surface area contributed by atoms with E-state index in [1.54, 1.807) is 12.3 Å². The zero-order valence-corrected chi connectivity index (χ0v) is 12.5. The quantitative estimate of drug-likeness (QED) is 0.909. The fourth-order valence-electron chi connectivity index (χ4n) is 2.92. The Morgan fingerprint density at radius 2 is 1.95 bits per heavy atom. The Morgan fingerprint density at radius 1 is 1.23 bits per heavy atom. The van der Waals surface area contributed by atoms with Crippen LogP contribution in [-0.2, 0) is 0 Å². The van der Waals surface area contributed by atoms with Crippen molar-refractivity contribution in [2.24, 2.45) is 5.92 Å². The Labute approximate surface area is 130 Å². The largest absolute Gasteiger partial charge is 0.396 e. The van der Waals surface area contributed by atoms with Gasteiger partial charge in [0.1, 0.15) is 5.82 Å². The monoisotopic (exact) mass is 299 g/mol. The molecule has 3 rings (SSSR count). The first-order chi connectivity index (χ1) is 10.8. The molecule has 0 saturated heterocycles. The standard InChI is InChI=1S/C17H21N3O2/c21-12-13-3-6-15(7-4-13)19-17(22)14-5-8-16(18-11-14)20-9-1-2-10-20/h1-2,5,8-11,13,15,21H,3-4,6-7,12H2,(H,19,22). The van der Waals surface area contributed by atoms with Gasteiger partial charge in [-0.25, -0.2) is 4.98 Å². The van der Waals surface area contributed by atoms with Crippen molar-refractivity contribution in [2.75, 3.05) is 6.61 Å². The molecule has 0 spiro atoms. The molecular formula is C17H21N3O2. The van der Waals surface area contributed by atoms with Crippen molar-refractivity contribution in [3.8, 4) is 5.82 Å². The van der Waals surface area contributed by atoms with Crippen LogP contribution in [0.4, 0.5) is 0 Å². The second-order valence-electron chi connectivity index (χ2n) is 5.87. The molecule has 0 unspecified atom stereocenters. The van der Waals surface area contributed by atoms with Gasteiger partial charge in [-0.1, -0.05) is 0 Å². The lowest BCUT2D eigenvalue weighted by Gasteiger charge is -2.27. The number of aliphatic hydroxyl groups is 1. The topological polar surface area (TPSA) is 67.2 Å². The van der Waals surface area contributed by atoms with E-state index in [1.165, 1.54) is 0 Å². The van der Waals surface area contributed by atoms with E-state index in [0.29, 0.717) is 11.5 Å². The number of carbonyl (C=O) groups excluding carboxylic acids is 1. The van der Waals surface area contributed by atoms with E-state index < -0.39 is 0 Å². The van der Waals surface area contributed by atoms with E-state index in [0.717, 1.165) is 31.5 Å². The second-order valence-corrected chi connectivity index (χ2v) is 5.87. The summed E-state index contributed by atoms with van der Waals surface area (Å²) in [5.41, 5.74) is 0.584. The minimum Gasteiger partial charge on any atom is -0.396 e. The maximum atomic E-state index is 12.3. The van der Waals surface area contributed by atoms with Gasteiger partial charge in [-0.05, 0) is 55.9 Å². The molecule has 2 N–H and O–H groups in total. The highest BCUT2D eigenvalue weighted by atomic mass is 16.3. The zero-order chi connectivity index (χ0) is 15.4. The normalized spacial score (nSPS) is 21.5. The van der Waals surface area contributed by atoms with Gasteiger partial charge in [-0.3, -0.25) is 4.79 Å². The molecule has 2 heterocycles. The molecule has 1 aliphatic rings. The van der Waals surface area contributed by atoms with E-state index in [2.05, 4.69) is 10.3 Å². The molecule has 2 aromatic rings. The van der Waals surface area contributed by atoms with Gasteiger partial charge in [0.05, 0.1) is 5.56 Å². The highest BCUT2D eigenvalue weighted by Crippen LogP contribution is 2.23. The molecule has 0 atom stereocenters. The van der Waals surface area contributed by atoms with E-state index >= 15 is 0 Å². The van der Waals surface area contributed by atoms with Crippen molar-refractivity contribution < 1.29 is 9.90 Å². The summed E-state index contributed by atoms with van der Waals surface area (Å²) in [5.74, 6) is 1.12. The SMILES string of the molecule is O=C(NC1CCC(CO)CC1)c1ccc(-n2cccc2)nc1. The third kappa shape index (κ3) is 3.36. The summed E-state index contributed by atoms with van der Waals surface area (Å²) in [6.45, 7) is 0.255. The third-order valence-electron chi connectivity index (χ3n) is 4.32. The van der Waals surface area contributed by atoms with E-state index in [-0.39, 0.29) is 18.6 Å². The van der Waals surface area contributed by atoms with Crippen LogP contribution < -0.4 is 5.32 Å². The molecule has 1 aliphatic carbocycles. The second kappa shape index (κ2) is 6.75. The van der Waals surface area contributed by atoms with Gasteiger partial charge in [0, 0.05) is 31.2 Å². The average molecular weight is 299 g/mol. The Morgan fingerprint density at radius 3 is 2.55 bits per heavy atom. The van der Waals surface area contributed by atoms with Crippen LogP contribution in [0.3, 0.4) is 0 Å². The highest BCUT2D eigenvalue weighted by Gasteiger charge is 2.22. The predicted molar refractivity (Wildman–Crippen MR) is 83.9 cm³/mol. The maximum absolute atomic E-state index is 12.3. The Balaban J connectivity index is 1.58. The Hall–Kier alpha value is -2.14. The molecule has 5 nitrogen and oxygen atoms in total. The predicted octanol–water partition coefficient (Wildman–Crippen LogP) is 2.15. The van der Waals surface area contributed by atoms with Crippen LogP contribution in [-0.4, -0.2) is 33.2 Å². The molecule has 1 fully saturated rings. The van der Waals surface area contributed by atoms with Gasteiger partial charge in [-0.2, -0.15) is 0 Å². The molecule has 0 aliphatic heterocycles. The van der Waals surface area contributed by atoms with Crippen molar-refractivity contribution in [3.63, 3.8) is 0 Å². The van der Waals surface area contributed by atoms with Gasteiger partial charge in [0.25, 0.3) is 5.91 Å². The molecular weight excluding hydrogens is 278 g/mol. The molecule has 0 aromatic carbocycles. The van der Waals surface area contributed by atoms with Gasteiger partial charge in [-0.15, -0.1) is 0 Å². The lowest BCUT2D eigenvalue weighted by molar-refractivity contribution is 0.0913. The fourth-order valence-corrected chi connectivity index (χ4v) is 2.92. The van der Waals surface area contributed by atoms with E-state index in [1.807, 2.05) is 35.2 Å². The molecule has 0 radical (unpaired) electrons. The molecule has 0 bridgehead atoms. The van der Waals surface area contributed by atoms with Crippen LogP contribution in [0.15, 0.2) is 42.9 Å². The third-order valence-corrected chi connectivity index (χ3v) is 4.32. The first-order valence-corrected chi connectivity index (χ1v) is 7.77. The van der Waals surface area contributed by atoms with Gasteiger partial charge in [0.2, 0.25) is 0 Å². The summed E-state index contributed by atoms with van der Waals surface area (Å²) in [5, 5.41) is 12.2. The van der Waals surface area contributed by atoms with Gasteiger partial charge < -0.3 is 15.0 Å². The number of carbonyl (C=O) groups is 1. The van der Waals surface area contributed by atoms with Gasteiger partial charge >= 0.3 is 0 Å². The summed E-state index contributed by atoms with van der Waals surface area (Å²) in [7, 11) is 0. The molecule has 5 heteroatoms. The van der Waals surface area contributed by atoms with Crippen molar-refractivity contribution in [1.29, 1.82) is 0 Å². The molecule has 1 saturated carbocycles. The van der Waals surface area contributed by atoms with Crippen LogP contribution in [0.2, 0.25) is 0 Å². The van der Waals surface area contributed by atoms with Crippen molar-refractivity contribution >= 4 is 5.91 Å². The van der Waals surface area contributed by atoms with Crippen LogP contribution in [0, 0.1) is 5.92 Å². The van der Waals surface area contributed by atoms with Gasteiger partial charge in [0.15, 0.2) is 0 Å². The van der Waals surface area contributed by atoms with Crippen molar-refractivity contribution in [1.82, 2.24) is 14.9 Å². The number of hydrogen-bond acceptors (Lipinski definition) is 3. The molecule has 2 aromatic heterocycles. The molecule has 1 amide bonds. The summed E-state index contributed by atoms with van der Waals surface area (Å²) in [6, 6.07) is 7.73. The smallest absolute Gasteiger partial charge is 0.253 e. The summed E-state index contributed by atoms with van der Waals surface area (Å²) >= 11 is 0. The number of aromatic nitrogens is 2. The van der Waals surface area contributed by atoms with Crippen molar-refractivity contribution in [2.45, 2.75) is 31.7 Å². The first kappa shape index (κ1) is 14.8. The van der Waals surface area contributed by atoms with E-state index in [9.17, 15) is 4.79 Å². The Bertz CT molecular complexity index is 599. The lowest BCUT2D eigenvalue weighted by atomic mass is 9.86. The number of nitrogens with one attached hydrogen (secondary N) is 1. The number of pyridine rings is 1. The zero-order valence-electron chi connectivity index (χ0n) is 12.5. The average Bonchev–Trinajstić information content (AvgIpc) is 3.10. The fraction of sp³-hybridized carbons (Fsp3) is 0.412. The lowest BCUT2D eigenvalue weighted by Crippen LogP contribution is -2.38. The number of rotatable bonds is 4. The number of amides is 1. The maximum Gasteiger partial charge on any atom is 0.253 e. The van der Waals surface area contributed by atoms with Crippen molar-refractivity contribution in [3.05, 3.63) is 48.4 Å². The summed E-state index contributed by atoms with van der Waals surface area (Å²) < 4.78 is 1.90. The number of aliphatic hydroxyl groups excluding tert-OH is 1. The van der Waals surface area contributed by atoms with Crippen LogP contribution in [0.1, 0.15) is 36.0 Å². The van der Waals surface area contributed by atoms with Crippen LogP contribution >= 0.6 is 0 Å².